The number of rotatable bonds is 4. The Hall–Kier alpha value is -2.76. The van der Waals surface area contributed by atoms with Gasteiger partial charge in [-0.05, 0) is 11.1 Å². The molecule has 2 aromatic heterocycles. The van der Waals surface area contributed by atoms with E-state index in [0.29, 0.717) is 10.2 Å². The second-order valence-electron chi connectivity index (χ2n) is 5.82. The first-order valence-electron chi connectivity index (χ1n) is 7.99. The summed E-state index contributed by atoms with van der Waals surface area (Å²) in [5, 5.41) is 13.0. The van der Waals surface area contributed by atoms with Crippen molar-refractivity contribution in [3.8, 4) is 11.1 Å². The zero-order valence-electron chi connectivity index (χ0n) is 13.4. The minimum absolute atomic E-state index is 0.125. The van der Waals surface area contributed by atoms with Gasteiger partial charge in [0.15, 0.2) is 0 Å². The largest absolute Gasteiger partial charge is 0.387 e. The van der Waals surface area contributed by atoms with Gasteiger partial charge in [0.1, 0.15) is 4.83 Å². The summed E-state index contributed by atoms with van der Waals surface area (Å²) in [6.07, 6.45) is 0.763. The predicted molar refractivity (Wildman–Crippen MR) is 101 cm³/mol. The molecule has 2 heterocycles. The van der Waals surface area contributed by atoms with Crippen LogP contribution in [0.5, 0.6) is 0 Å². The molecule has 5 heteroatoms. The number of fused-ring (bicyclic) bond motifs is 1. The minimum Gasteiger partial charge on any atom is -0.387 e. The van der Waals surface area contributed by atoms with E-state index in [4.69, 9.17) is 0 Å². The molecular weight excluding hydrogens is 332 g/mol. The second-order valence-corrected chi connectivity index (χ2v) is 6.68. The van der Waals surface area contributed by atoms with Gasteiger partial charge in [-0.25, -0.2) is 4.98 Å². The summed E-state index contributed by atoms with van der Waals surface area (Å²) in [6, 6.07) is 19.2. The first-order valence-corrected chi connectivity index (χ1v) is 8.87. The monoisotopic (exact) mass is 348 g/mol. The van der Waals surface area contributed by atoms with Gasteiger partial charge in [-0.1, -0.05) is 60.7 Å². The lowest BCUT2D eigenvalue weighted by molar-refractivity contribution is 0.155. The number of aliphatic hydroxyl groups is 1. The van der Waals surface area contributed by atoms with E-state index in [2.05, 4.69) is 4.98 Å². The van der Waals surface area contributed by atoms with E-state index in [-0.39, 0.29) is 12.1 Å². The van der Waals surface area contributed by atoms with Gasteiger partial charge >= 0.3 is 0 Å². The van der Waals surface area contributed by atoms with Crippen LogP contribution in [0.4, 0.5) is 0 Å². The summed E-state index contributed by atoms with van der Waals surface area (Å²) < 4.78 is 1.49. The van der Waals surface area contributed by atoms with Gasteiger partial charge in [-0.3, -0.25) is 9.36 Å². The number of aliphatic hydroxyl groups excluding tert-OH is 1. The molecule has 0 spiro atoms. The molecule has 2 aromatic carbocycles. The quantitative estimate of drug-likeness (QED) is 0.609. The van der Waals surface area contributed by atoms with Crippen molar-refractivity contribution in [1.29, 1.82) is 0 Å². The van der Waals surface area contributed by atoms with Crippen LogP contribution in [0, 0.1) is 0 Å². The van der Waals surface area contributed by atoms with Gasteiger partial charge in [0, 0.05) is 10.9 Å². The molecule has 0 saturated heterocycles. The van der Waals surface area contributed by atoms with E-state index < -0.39 is 6.10 Å². The number of nitrogens with zero attached hydrogens (tertiary/aromatic N) is 2. The summed E-state index contributed by atoms with van der Waals surface area (Å²) >= 11 is 1.46. The van der Waals surface area contributed by atoms with Crippen LogP contribution in [0.3, 0.4) is 0 Å². The predicted octanol–water partition coefficient (Wildman–Crippen LogP) is 3.86. The molecule has 0 bridgehead atoms. The molecule has 124 valence electrons. The Kier molecular flexibility index (Phi) is 4.17. The Balaban J connectivity index is 1.76. The van der Waals surface area contributed by atoms with Crippen molar-refractivity contribution >= 4 is 21.6 Å². The lowest BCUT2D eigenvalue weighted by atomic mass is 10.1. The fourth-order valence-electron chi connectivity index (χ4n) is 2.89. The normalized spacial score (nSPS) is 12.4. The highest BCUT2D eigenvalue weighted by Crippen LogP contribution is 2.30. The number of hydrogen-bond acceptors (Lipinski definition) is 4. The van der Waals surface area contributed by atoms with Gasteiger partial charge in [0.05, 0.1) is 24.4 Å². The maximum absolute atomic E-state index is 13.0. The Bertz CT molecular complexity index is 1060. The fourth-order valence-corrected chi connectivity index (χ4v) is 3.80. The fraction of sp³-hybridized carbons (Fsp3) is 0.100. The van der Waals surface area contributed by atoms with Crippen molar-refractivity contribution in [2.24, 2.45) is 0 Å². The first-order chi connectivity index (χ1) is 12.2. The Morgan fingerprint density at radius 3 is 2.44 bits per heavy atom. The summed E-state index contributed by atoms with van der Waals surface area (Å²) in [5.74, 6) is 0. The smallest absolute Gasteiger partial charge is 0.262 e. The molecule has 0 fully saturated rings. The molecule has 1 atom stereocenters. The number of benzene rings is 2. The molecule has 1 unspecified atom stereocenters. The van der Waals surface area contributed by atoms with Crippen molar-refractivity contribution in [3.63, 3.8) is 0 Å². The first kappa shape index (κ1) is 15.7. The lowest BCUT2D eigenvalue weighted by Crippen LogP contribution is -2.23. The van der Waals surface area contributed by atoms with E-state index >= 15 is 0 Å². The Morgan fingerprint density at radius 1 is 1.04 bits per heavy atom. The van der Waals surface area contributed by atoms with Gasteiger partial charge in [-0.2, -0.15) is 0 Å². The molecule has 0 aliphatic carbocycles. The number of thiophene rings is 1. The van der Waals surface area contributed by atoms with Crippen LogP contribution in [-0.4, -0.2) is 14.7 Å². The average Bonchev–Trinajstić information content (AvgIpc) is 3.10. The number of hydrogen-bond donors (Lipinski definition) is 1. The van der Waals surface area contributed by atoms with E-state index in [1.54, 1.807) is 0 Å². The summed E-state index contributed by atoms with van der Waals surface area (Å²) in [7, 11) is 0. The van der Waals surface area contributed by atoms with Gasteiger partial charge < -0.3 is 5.11 Å². The van der Waals surface area contributed by atoms with Crippen molar-refractivity contribution in [1.82, 2.24) is 9.55 Å². The van der Waals surface area contributed by atoms with Crippen molar-refractivity contribution in [2.75, 3.05) is 0 Å². The highest BCUT2D eigenvalue weighted by atomic mass is 32.1. The summed E-state index contributed by atoms with van der Waals surface area (Å²) in [4.78, 5) is 18.1. The molecule has 0 aliphatic heterocycles. The highest BCUT2D eigenvalue weighted by Gasteiger charge is 2.15. The maximum Gasteiger partial charge on any atom is 0.262 e. The molecule has 0 radical (unpaired) electrons. The number of aromatic nitrogens is 2. The van der Waals surface area contributed by atoms with Crippen LogP contribution < -0.4 is 5.56 Å². The van der Waals surface area contributed by atoms with E-state index in [0.717, 1.165) is 16.7 Å². The minimum atomic E-state index is -0.753. The van der Waals surface area contributed by atoms with Crippen LogP contribution >= 0.6 is 11.3 Å². The molecule has 0 aliphatic rings. The molecule has 4 rings (SSSR count). The Morgan fingerprint density at radius 2 is 1.72 bits per heavy atom. The van der Waals surface area contributed by atoms with Crippen LogP contribution in [0.15, 0.2) is 77.2 Å². The Labute approximate surface area is 148 Å². The molecular formula is C20H16N2O2S. The molecule has 1 N–H and O–H groups in total. The molecule has 4 nitrogen and oxygen atoms in total. The molecule has 25 heavy (non-hydrogen) atoms. The third kappa shape index (κ3) is 2.99. The van der Waals surface area contributed by atoms with Crippen LogP contribution in [-0.2, 0) is 6.54 Å². The summed E-state index contributed by atoms with van der Waals surface area (Å²) in [6.45, 7) is 0.176. The van der Waals surface area contributed by atoms with E-state index in [9.17, 15) is 9.90 Å². The molecule has 0 saturated carbocycles. The highest BCUT2D eigenvalue weighted by molar-refractivity contribution is 7.17. The van der Waals surface area contributed by atoms with Crippen molar-refractivity contribution in [3.05, 3.63) is 88.3 Å². The van der Waals surface area contributed by atoms with E-state index in [1.165, 1.54) is 22.2 Å². The van der Waals surface area contributed by atoms with Gasteiger partial charge in [0.2, 0.25) is 0 Å². The van der Waals surface area contributed by atoms with Crippen molar-refractivity contribution < 1.29 is 5.11 Å². The van der Waals surface area contributed by atoms with Gasteiger partial charge in [0.25, 0.3) is 5.56 Å². The van der Waals surface area contributed by atoms with Crippen molar-refractivity contribution in [2.45, 2.75) is 12.6 Å². The SMILES string of the molecule is O=c1c2c(-c3ccccc3)csc2ncn1CC(O)c1ccccc1. The molecule has 4 aromatic rings. The standard InChI is InChI=1S/C20H16N2O2S/c23-17(15-9-5-2-6-10-15)11-22-13-21-19-18(20(22)24)16(12-25-19)14-7-3-1-4-8-14/h1-10,12-13,17,23H,11H2. The maximum atomic E-state index is 13.0. The average molecular weight is 348 g/mol. The van der Waals surface area contributed by atoms with E-state index in [1.807, 2.05) is 66.0 Å². The summed E-state index contributed by atoms with van der Waals surface area (Å²) in [5.41, 5.74) is 2.54. The third-order valence-electron chi connectivity index (χ3n) is 4.20. The topological polar surface area (TPSA) is 55.1 Å². The van der Waals surface area contributed by atoms with Crippen LogP contribution in [0.1, 0.15) is 11.7 Å². The molecule has 0 amide bonds. The zero-order chi connectivity index (χ0) is 17.2. The van der Waals surface area contributed by atoms with Crippen LogP contribution in [0.25, 0.3) is 21.3 Å². The third-order valence-corrected chi connectivity index (χ3v) is 5.09. The zero-order valence-corrected chi connectivity index (χ0v) is 14.2. The second kappa shape index (κ2) is 6.63. The van der Waals surface area contributed by atoms with Crippen LogP contribution in [0.2, 0.25) is 0 Å². The lowest BCUT2D eigenvalue weighted by Gasteiger charge is -2.13. The van der Waals surface area contributed by atoms with Gasteiger partial charge in [-0.15, -0.1) is 11.3 Å².